The van der Waals surface area contributed by atoms with E-state index in [1.807, 2.05) is 85.8 Å². The maximum absolute atomic E-state index is 13.2. The van der Waals surface area contributed by atoms with Crippen molar-refractivity contribution in [1.82, 2.24) is 4.90 Å². The van der Waals surface area contributed by atoms with E-state index >= 15 is 0 Å². The number of amides is 1. The first-order valence-electron chi connectivity index (χ1n) is 14.0. The lowest BCUT2D eigenvalue weighted by molar-refractivity contribution is -0.115. The molecule has 0 aromatic heterocycles. The maximum Gasteiger partial charge on any atom is 0.304 e. The number of anilines is 3. The minimum absolute atomic E-state index is 0.0676. The van der Waals surface area contributed by atoms with Gasteiger partial charge in [0.1, 0.15) is 0 Å². The largest absolute Gasteiger partial charge is 0.433 e. The monoisotopic (exact) mass is 565 g/mol. The normalized spacial score (nSPS) is 11.2. The molecule has 5 aromatic carbocycles. The van der Waals surface area contributed by atoms with E-state index < -0.39 is 0 Å². The smallest absolute Gasteiger partial charge is 0.304 e. The first kappa shape index (κ1) is 28.8. The highest BCUT2D eigenvalue weighted by Gasteiger charge is 2.16. The molecule has 6 heteroatoms. The summed E-state index contributed by atoms with van der Waals surface area (Å²) < 4.78 is 5.89. The number of amidine groups is 1. The van der Waals surface area contributed by atoms with Crippen LogP contribution in [0.2, 0.25) is 0 Å². The van der Waals surface area contributed by atoms with Crippen molar-refractivity contribution >= 4 is 47.0 Å². The highest BCUT2D eigenvalue weighted by molar-refractivity contribution is 6.12. The molecule has 0 spiro atoms. The number of hydrogen-bond donors (Lipinski definition) is 0. The van der Waals surface area contributed by atoms with Crippen LogP contribution in [0.3, 0.4) is 0 Å². The third-order valence-corrected chi connectivity index (χ3v) is 6.73. The molecule has 212 valence electrons. The Morgan fingerprint density at radius 3 is 1.81 bits per heavy atom. The van der Waals surface area contributed by atoms with E-state index in [1.54, 1.807) is 42.5 Å². The number of benzene rings is 5. The van der Waals surface area contributed by atoms with Gasteiger partial charge in [-0.15, -0.1) is 0 Å². The van der Waals surface area contributed by atoms with Crippen LogP contribution >= 0.6 is 0 Å². The molecule has 5 rings (SSSR count). The Balaban J connectivity index is 1.39. The molecular weight excluding hydrogens is 534 g/mol. The summed E-state index contributed by atoms with van der Waals surface area (Å²) in [5, 5.41) is 0. The van der Waals surface area contributed by atoms with E-state index in [0.717, 1.165) is 22.6 Å². The van der Waals surface area contributed by atoms with Crippen LogP contribution in [0.1, 0.15) is 28.4 Å². The fraction of sp³-hybridized carbons (Fsp3) is 0.0541. The van der Waals surface area contributed by atoms with Crippen molar-refractivity contribution in [1.29, 1.82) is 0 Å². The fourth-order valence-corrected chi connectivity index (χ4v) is 4.53. The molecule has 1 amide bonds. The molecule has 43 heavy (non-hydrogen) atoms. The molecular formula is C37H31N3O3. The van der Waals surface area contributed by atoms with Gasteiger partial charge in [0.15, 0.2) is 5.78 Å². The number of carbonyl (C=O) groups excluding carboxylic acids is 2. The van der Waals surface area contributed by atoms with Gasteiger partial charge in [-0.05, 0) is 67.1 Å². The van der Waals surface area contributed by atoms with Crippen molar-refractivity contribution in [2.24, 2.45) is 4.99 Å². The molecule has 0 saturated heterocycles. The summed E-state index contributed by atoms with van der Waals surface area (Å²) >= 11 is 0. The molecule has 0 fully saturated rings. The van der Waals surface area contributed by atoms with Crippen molar-refractivity contribution in [3.8, 4) is 0 Å². The Morgan fingerprint density at radius 1 is 0.698 bits per heavy atom. The number of para-hydroxylation sites is 3. The van der Waals surface area contributed by atoms with Crippen molar-refractivity contribution < 1.29 is 14.3 Å². The van der Waals surface area contributed by atoms with Gasteiger partial charge in [0.25, 0.3) is 0 Å². The quantitative estimate of drug-likeness (QED) is 0.0560. The standard InChI is InChI=1S/C37H31N3O3/c1-2-39(28-41)37(38-35-21-13-12-20-34(35)36(42)30-14-6-3-7-15-30)43-27-26-29-22-24-33(25-23-29)40(31-16-8-4-9-17-31)32-18-10-5-11-19-32/h3-28H,2H2,1H3/b27-26+,38-37-. The van der Waals surface area contributed by atoms with Gasteiger partial charge in [-0.25, -0.2) is 0 Å². The molecule has 0 heterocycles. The number of nitrogens with zero attached hydrogens (tertiary/aromatic N) is 3. The Hall–Kier alpha value is -5.75. The number of ketones is 1. The van der Waals surface area contributed by atoms with Crippen LogP contribution < -0.4 is 4.90 Å². The van der Waals surface area contributed by atoms with Crippen LogP contribution in [0.5, 0.6) is 0 Å². The number of aliphatic imine (C=N–C) groups is 1. The van der Waals surface area contributed by atoms with Crippen LogP contribution in [0.15, 0.2) is 151 Å². The van der Waals surface area contributed by atoms with Crippen LogP contribution in [-0.4, -0.2) is 29.7 Å². The second kappa shape index (κ2) is 14.2. The predicted octanol–water partition coefficient (Wildman–Crippen LogP) is 8.54. The second-order valence-electron chi connectivity index (χ2n) is 9.52. The summed E-state index contributed by atoms with van der Waals surface area (Å²) in [6.45, 7) is 2.16. The highest BCUT2D eigenvalue weighted by atomic mass is 16.5. The molecule has 0 bridgehead atoms. The third kappa shape index (κ3) is 7.13. The lowest BCUT2D eigenvalue weighted by atomic mass is 10.0. The van der Waals surface area contributed by atoms with Crippen molar-refractivity contribution in [3.63, 3.8) is 0 Å². The maximum atomic E-state index is 13.2. The summed E-state index contributed by atoms with van der Waals surface area (Å²) in [6, 6.07) is 44.6. The summed E-state index contributed by atoms with van der Waals surface area (Å²) in [4.78, 5) is 33.2. The molecule has 0 saturated carbocycles. The molecule has 0 aliphatic heterocycles. The molecule has 5 aromatic rings. The molecule has 6 nitrogen and oxygen atoms in total. The van der Waals surface area contributed by atoms with Gasteiger partial charge in [0, 0.05) is 34.7 Å². The SMILES string of the molecule is CCN(C=O)/C(=N/c1ccccc1C(=O)c1ccccc1)O/C=C/c1ccc(N(c2ccccc2)c2ccccc2)cc1. The van der Waals surface area contributed by atoms with Gasteiger partial charge in [0.2, 0.25) is 6.41 Å². The van der Waals surface area contributed by atoms with Crippen LogP contribution in [-0.2, 0) is 9.53 Å². The number of ether oxygens (including phenoxy) is 1. The summed E-state index contributed by atoms with van der Waals surface area (Å²) in [5.74, 6) is -0.163. The topological polar surface area (TPSA) is 62.2 Å². The van der Waals surface area contributed by atoms with E-state index in [1.165, 1.54) is 11.2 Å². The Kier molecular flexibility index (Phi) is 9.52. The van der Waals surface area contributed by atoms with Gasteiger partial charge in [0.05, 0.1) is 11.9 Å². The van der Waals surface area contributed by atoms with E-state index in [4.69, 9.17) is 4.74 Å². The summed E-state index contributed by atoms with van der Waals surface area (Å²) in [7, 11) is 0. The van der Waals surface area contributed by atoms with Gasteiger partial charge in [-0.2, -0.15) is 4.99 Å². The zero-order valence-electron chi connectivity index (χ0n) is 23.8. The van der Waals surface area contributed by atoms with E-state index in [-0.39, 0.29) is 11.8 Å². The summed E-state index contributed by atoms with van der Waals surface area (Å²) in [6.07, 6.45) is 3.95. The third-order valence-electron chi connectivity index (χ3n) is 6.73. The Labute approximate surface area is 251 Å². The van der Waals surface area contributed by atoms with Crippen molar-refractivity contribution in [2.75, 3.05) is 11.4 Å². The lowest BCUT2D eigenvalue weighted by Gasteiger charge is -2.25. The zero-order valence-corrected chi connectivity index (χ0v) is 23.8. The first-order valence-corrected chi connectivity index (χ1v) is 14.0. The van der Waals surface area contributed by atoms with E-state index in [9.17, 15) is 9.59 Å². The molecule has 0 unspecified atom stereocenters. The van der Waals surface area contributed by atoms with Crippen LogP contribution in [0.4, 0.5) is 22.7 Å². The Morgan fingerprint density at radius 2 is 1.23 bits per heavy atom. The first-order chi connectivity index (χ1) is 21.2. The van der Waals surface area contributed by atoms with Crippen LogP contribution in [0, 0.1) is 0 Å². The van der Waals surface area contributed by atoms with Crippen molar-refractivity contribution in [3.05, 3.63) is 162 Å². The van der Waals surface area contributed by atoms with E-state index in [0.29, 0.717) is 29.8 Å². The number of carbonyl (C=O) groups is 2. The number of rotatable bonds is 10. The summed E-state index contributed by atoms with van der Waals surface area (Å²) in [5.41, 5.74) is 5.40. The van der Waals surface area contributed by atoms with Crippen molar-refractivity contribution in [2.45, 2.75) is 6.92 Å². The van der Waals surface area contributed by atoms with Gasteiger partial charge >= 0.3 is 6.02 Å². The van der Waals surface area contributed by atoms with Gasteiger partial charge < -0.3 is 9.64 Å². The number of hydrogen-bond acceptors (Lipinski definition) is 5. The predicted molar refractivity (Wildman–Crippen MR) is 173 cm³/mol. The molecule has 0 radical (unpaired) electrons. The minimum atomic E-state index is -0.163. The highest BCUT2D eigenvalue weighted by Crippen LogP contribution is 2.34. The second-order valence-corrected chi connectivity index (χ2v) is 9.52. The fourth-order valence-electron chi connectivity index (χ4n) is 4.53. The zero-order chi connectivity index (χ0) is 29.9. The average Bonchev–Trinajstić information content (AvgIpc) is 3.07. The van der Waals surface area contributed by atoms with Gasteiger partial charge in [-0.3, -0.25) is 14.5 Å². The molecule has 0 aliphatic rings. The minimum Gasteiger partial charge on any atom is -0.433 e. The molecule has 0 N–H and O–H groups in total. The van der Waals surface area contributed by atoms with Crippen LogP contribution in [0.25, 0.3) is 6.08 Å². The molecule has 0 aliphatic carbocycles. The van der Waals surface area contributed by atoms with E-state index in [2.05, 4.69) is 34.2 Å². The average molecular weight is 566 g/mol. The Bertz CT molecular complexity index is 1660. The lowest BCUT2D eigenvalue weighted by Crippen LogP contribution is -2.30. The van der Waals surface area contributed by atoms with Gasteiger partial charge in [-0.1, -0.05) is 91.0 Å². The molecule has 0 atom stereocenters.